The van der Waals surface area contributed by atoms with Gasteiger partial charge in [-0.05, 0) is 5.56 Å². The van der Waals surface area contributed by atoms with Gasteiger partial charge < -0.3 is 4.74 Å². The second-order valence-corrected chi connectivity index (χ2v) is 5.90. The van der Waals surface area contributed by atoms with E-state index in [4.69, 9.17) is 9.52 Å². The molecule has 0 amide bonds. The highest BCUT2D eigenvalue weighted by molar-refractivity contribution is 7.89. The molecule has 1 fully saturated rings. The van der Waals surface area contributed by atoms with Gasteiger partial charge in [-0.25, -0.2) is 13.3 Å². The number of nitrogens with one attached hydrogen (secondary N) is 1. The number of morpholine rings is 1. The Kier molecular flexibility index (Phi) is 3.58. The summed E-state index contributed by atoms with van der Waals surface area (Å²) in [7, 11) is -2.68. The molecule has 1 aliphatic rings. The Bertz CT molecular complexity index is 425. The van der Waals surface area contributed by atoms with Gasteiger partial charge in [0, 0.05) is 13.1 Å². The summed E-state index contributed by atoms with van der Waals surface area (Å²) >= 11 is 0. The molecule has 88 valence electrons. The number of hydrogen-bond donors (Lipinski definition) is 1. The summed E-state index contributed by atoms with van der Waals surface area (Å²) in [6.07, 6.45) is 0. The van der Waals surface area contributed by atoms with Gasteiger partial charge in [0.25, 0.3) is 0 Å². The minimum atomic E-state index is -2.68. The van der Waals surface area contributed by atoms with Gasteiger partial charge in [-0.3, -0.25) is 0 Å². The molecule has 0 saturated carbocycles. The molecule has 0 aromatic heterocycles. The number of benzene rings is 1. The molecule has 2 rings (SSSR count). The highest BCUT2D eigenvalue weighted by atomic mass is 32.2. The van der Waals surface area contributed by atoms with Crippen molar-refractivity contribution in [1.82, 2.24) is 4.31 Å². The van der Waals surface area contributed by atoms with Crippen LogP contribution in [0.15, 0.2) is 30.3 Å². The molecule has 0 radical (unpaired) electrons. The summed E-state index contributed by atoms with van der Waals surface area (Å²) < 4.78 is 27.1. The first-order valence-corrected chi connectivity index (χ1v) is 7.00. The minimum absolute atomic E-state index is 0.299. The average molecular weight is 240 g/mol. The van der Waals surface area contributed by atoms with E-state index >= 15 is 0 Å². The molecule has 1 aromatic carbocycles. The lowest BCUT2D eigenvalue weighted by Gasteiger charge is -2.28. The van der Waals surface area contributed by atoms with Gasteiger partial charge in [0.05, 0.1) is 19.0 Å². The molecule has 0 spiro atoms. The van der Waals surface area contributed by atoms with Gasteiger partial charge in [-0.2, -0.15) is 0 Å². The molecule has 16 heavy (non-hydrogen) atoms. The van der Waals surface area contributed by atoms with Crippen LogP contribution in [0.25, 0.3) is 0 Å². The Morgan fingerprint density at radius 2 is 1.88 bits per heavy atom. The van der Waals surface area contributed by atoms with Crippen LogP contribution in [0.4, 0.5) is 0 Å². The Morgan fingerprint density at radius 3 is 2.50 bits per heavy atom. The van der Waals surface area contributed by atoms with Crippen molar-refractivity contribution >= 4 is 9.92 Å². The molecule has 1 unspecified atom stereocenters. The van der Waals surface area contributed by atoms with Crippen molar-refractivity contribution in [3.8, 4) is 0 Å². The maximum Gasteiger partial charge on any atom is 0.112 e. The van der Waals surface area contributed by atoms with Gasteiger partial charge in [0.1, 0.15) is 9.92 Å². The van der Waals surface area contributed by atoms with Crippen LogP contribution in [0.1, 0.15) is 5.56 Å². The van der Waals surface area contributed by atoms with Crippen LogP contribution in [0.2, 0.25) is 0 Å². The first-order chi connectivity index (χ1) is 7.68. The molecule has 4 nitrogen and oxygen atoms in total. The quantitative estimate of drug-likeness (QED) is 0.870. The molecular weight excluding hydrogens is 224 g/mol. The van der Waals surface area contributed by atoms with Crippen molar-refractivity contribution in [2.24, 2.45) is 0 Å². The number of rotatable bonds is 3. The van der Waals surface area contributed by atoms with Crippen LogP contribution < -0.4 is 0 Å². The van der Waals surface area contributed by atoms with Gasteiger partial charge in [-0.15, -0.1) is 0 Å². The van der Waals surface area contributed by atoms with Gasteiger partial charge in [0.15, 0.2) is 0 Å². The van der Waals surface area contributed by atoms with E-state index in [1.54, 1.807) is 4.31 Å². The molecule has 5 heteroatoms. The first kappa shape index (κ1) is 11.6. The largest absolute Gasteiger partial charge is 0.379 e. The molecular formula is C11H16N2O2S. The van der Waals surface area contributed by atoms with E-state index in [1.165, 1.54) is 0 Å². The van der Waals surface area contributed by atoms with Gasteiger partial charge in [0.2, 0.25) is 0 Å². The van der Waals surface area contributed by atoms with Crippen LogP contribution in [0.5, 0.6) is 0 Å². The van der Waals surface area contributed by atoms with Crippen molar-refractivity contribution < 1.29 is 8.95 Å². The molecule has 0 aliphatic carbocycles. The fraction of sp³-hybridized carbons (Fsp3) is 0.455. The van der Waals surface area contributed by atoms with E-state index in [9.17, 15) is 4.21 Å². The molecule has 1 aliphatic heterocycles. The zero-order valence-corrected chi connectivity index (χ0v) is 9.91. The Balaban J connectivity index is 2.08. The fourth-order valence-corrected chi connectivity index (χ4v) is 3.30. The maximum absolute atomic E-state index is 12.2. The zero-order chi connectivity index (χ0) is 11.4. The first-order valence-electron chi connectivity index (χ1n) is 5.32. The van der Waals surface area contributed by atoms with Gasteiger partial charge >= 0.3 is 0 Å². The topological polar surface area (TPSA) is 53.4 Å². The highest BCUT2D eigenvalue weighted by Gasteiger charge is 2.21. The van der Waals surface area contributed by atoms with E-state index in [0.717, 1.165) is 5.56 Å². The summed E-state index contributed by atoms with van der Waals surface area (Å²) in [4.78, 5) is 0. The smallest absolute Gasteiger partial charge is 0.112 e. The number of nitrogens with zero attached hydrogens (tertiary/aromatic N) is 1. The summed E-state index contributed by atoms with van der Waals surface area (Å²) in [6.45, 7) is 2.33. The van der Waals surface area contributed by atoms with Crippen molar-refractivity contribution in [2.75, 3.05) is 26.3 Å². The van der Waals surface area contributed by atoms with Crippen molar-refractivity contribution in [3.05, 3.63) is 35.9 Å². The summed E-state index contributed by atoms with van der Waals surface area (Å²) in [5.41, 5.74) is 0.953. The van der Waals surface area contributed by atoms with Crippen LogP contribution in [-0.4, -0.2) is 34.8 Å². The Labute approximate surface area is 96.3 Å². The average Bonchev–Trinajstić information content (AvgIpc) is 2.31. The van der Waals surface area contributed by atoms with Crippen LogP contribution >= 0.6 is 0 Å². The molecule has 1 atom stereocenters. The second kappa shape index (κ2) is 4.95. The number of hydrogen-bond acceptors (Lipinski definition) is 3. The summed E-state index contributed by atoms with van der Waals surface area (Å²) in [5, 5.41) is 0. The SMILES string of the molecule is N=S(=O)(Cc1ccccc1)N1CCOCC1. The van der Waals surface area contributed by atoms with Crippen LogP contribution in [-0.2, 0) is 20.4 Å². The molecule has 1 N–H and O–H groups in total. The van der Waals surface area contributed by atoms with E-state index in [-0.39, 0.29) is 0 Å². The van der Waals surface area contributed by atoms with Crippen molar-refractivity contribution in [2.45, 2.75) is 5.75 Å². The predicted octanol–water partition coefficient (Wildman–Crippen LogP) is 1.48. The van der Waals surface area contributed by atoms with Crippen molar-refractivity contribution in [1.29, 1.82) is 4.78 Å². The monoisotopic (exact) mass is 240 g/mol. The van der Waals surface area contributed by atoms with E-state index in [0.29, 0.717) is 32.1 Å². The molecule has 1 heterocycles. The highest BCUT2D eigenvalue weighted by Crippen LogP contribution is 2.12. The predicted molar refractivity (Wildman–Crippen MR) is 63.4 cm³/mol. The van der Waals surface area contributed by atoms with Crippen molar-refractivity contribution in [3.63, 3.8) is 0 Å². The second-order valence-electron chi connectivity index (χ2n) is 3.81. The third-order valence-corrected chi connectivity index (χ3v) is 4.52. The Morgan fingerprint density at radius 1 is 1.25 bits per heavy atom. The normalized spacial score (nSPS) is 21.5. The standard InChI is InChI=1S/C11H16N2O2S/c12-16(14,13-6-8-15-9-7-13)10-11-4-2-1-3-5-11/h1-5,12H,6-10H2. The summed E-state index contributed by atoms with van der Waals surface area (Å²) in [5.74, 6) is 0.299. The lowest BCUT2D eigenvalue weighted by molar-refractivity contribution is 0.0743. The van der Waals surface area contributed by atoms with Crippen LogP contribution in [0.3, 0.4) is 0 Å². The Hall–Kier alpha value is -0.910. The lowest BCUT2D eigenvalue weighted by atomic mass is 10.2. The fourth-order valence-electron chi connectivity index (χ4n) is 1.73. The maximum atomic E-state index is 12.2. The lowest BCUT2D eigenvalue weighted by Crippen LogP contribution is -2.40. The minimum Gasteiger partial charge on any atom is -0.379 e. The summed E-state index contributed by atoms with van der Waals surface area (Å²) in [6, 6.07) is 9.56. The zero-order valence-electron chi connectivity index (χ0n) is 9.09. The third-order valence-electron chi connectivity index (χ3n) is 2.59. The van der Waals surface area contributed by atoms with E-state index in [1.807, 2.05) is 30.3 Å². The molecule has 1 saturated heterocycles. The van der Waals surface area contributed by atoms with E-state index < -0.39 is 9.92 Å². The number of ether oxygens (including phenoxy) is 1. The third kappa shape index (κ3) is 2.81. The van der Waals surface area contributed by atoms with E-state index in [2.05, 4.69) is 0 Å². The van der Waals surface area contributed by atoms with Crippen LogP contribution in [0, 0.1) is 4.78 Å². The molecule has 1 aromatic rings. The van der Waals surface area contributed by atoms with Gasteiger partial charge in [-0.1, -0.05) is 30.3 Å². The molecule has 0 bridgehead atoms.